The molecule has 1 aliphatic rings. The lowest BCUT2D eigenvalue weighted by Gasteiger charge is -2.29. The van der Waals surface area contributed by atoms with Gasteiger partial charge in [-0.05, 0) is 23.6 Å². The Balaban J connectivity index is 2.10. The molecule has 0 bridgehead atoms. The van der Waals surface area contributed by atoms with Crippen LogP contribution in [0.3, 0.4) is 0 Å². The van der Waals surface area contributed by atoms with Crippen molar-refractivity contribution in [1.82, 2.24) is 0 Å². The first-order valence-electron chi connectivity index (χ1n) is 7.27. The lowest BCUT2D eigenvalue weighted by atomic mass is 9.92. The molecule has 1 amide bonds. The van der Waals surface area contributed by atoms with Crippen molar-refractivity contribution in [2.24, 2.45) is 5.41 Å². The van der Waals surface area contributed by atoms with Crippen LogP contribution < -0.4 is 10.2 Å². The van der Waals surface area contributed by atoms with Crippen LogP contribution in [0.2, 0.25) is 0 Å². The van der Waals surface area contributed by atoms with Crippen molar-refractivity contribution in [1.29, 1.82) is 0 Å². The number of ether oxygens (including phenoxy) is 1. The second kappa shape index (κ2) is 6.43. The molecule has 2 rings (SSSR count). The smallest absolute Gasteiger partial charge is 0.224 e. The van der Waals surface area contributed by atoms with E-state index in [2.05, 4.69) is 10.2 Å². The van der Waals surface area contributed by atoms with Crippen molar-refractivity contribution in [3.8, 4) is 0 Å². The predicted octanol–water partition coefficient (Wildman–Crippen LogP) is 3.04. The number of benzene rings is 1. The topological polar surface area (TPSA) is 41.6 Å². The van der Waals surface area contributed by atoms with Gasteiger partial charge in [-0.3, -0.25) is 4.79 Å². The van der Waals surface area contributed by atoms with Crippen LogP contribution in [-0.2, 0) is 9.53 Å². The molecule has 4 nitrogen and oxygen atoms in total. The maximum Gasteiger partial charge on any atom is 0.224 e. The molecular formula is C16H23FN2O2. The van der Waals surface area contributed by atoms with Gasteiger partial charge in [-0.1, -0.05) is 20.8 Å². The molecule has 1 aromatic rings. The number of nitrogens with zero attached hydrogens (tertiary/aromatic N) is 1. The van der Waals surface area contributed by atoms with E-state index in [0.717, 1.165) is 18.8 Å². The number of morpholine rings is 1. The van der Waals surface area contributed by atoms with Crippen molar-refractivity contribution in [2.45, 2.75) is 27.2 Å². The standard InChI is InChI=1S/C16H23FN2O2/c1-16(2,3)11-15(20)18-14-10-12(4-5-13(14)17)19-6-8-21-9-7-19/h4-5,10H,6-9,11H2,1-3H3,(H,18,20). The van der Waals surface area contributed by atoms with Crippen LogP contribution in [-0.4, -0.2) is 32.2 Å². The number of anilines is 2. The second-order valence-electron chi connectivity index (χ2n) is 6.55. The molecule has 1 fully saturated rings. The Morgan fingerprint density at radius 3 is 2.62 bits per heavy atom. The summed E-state index contributed by atoms with van der Waals surface area (Å²) in [5.74, 6) is -0.574. The van der Waals surface area contributed by atoms with Gasteiger partial charge in [0.1, 0.15) is 5.82 Å². The van der Waals surface area contributed by atoms with E-state index in [-0.39, 0.29) is 17.0 Å². The van der Waals surface area contributed by atoms with Gasteiger partial charge < -0.3 is 15.0 Å². The Morgan fingerprint density at radius 1 is 1.33 bits per heavy atom. The molecule has 1 N–H and O–H groups in total. The zero-order valence-electron chi connectivity index (χ0n) is 12.9. The first-order chi connectivity index (χ1) is 9.85. The number of carbonyl (C=O) groups is 1. The molecule has 0 unspecified atom stereocenters. The van der Waals surface area contributed by atoms with Crippen LogP contribution in [0, 0.1) is 11.2 Å². The first kappa shape index (κ1) is 15.8. The van der Waals surface area contributed by atoms with Gasteiger partial charge in [0.2, 0.25) is 5.91 Å². The van der Waals surface area contributed by atoms with Crippen LogP contribution in [0.25, 0.3) is 0 Å². The van der Waals surface area contributed by atoms with Gasteiger partial charge in [0, 0.05) is 25.2 Å². The highest BCUT2D eigenvalue weighted by atomic mass is 19.1. The number of hydrogen-bond acceptors (Lipinski definition) is 3. The summed E-state index contributed by atoms with van der Waals surface area (Å²) < 4.78 is 19.2. The zero-order valence-corrected chi connectivity index (χ0v) is 12.9. The summed E-state index contributed by atoms with van der Waals surface area (Å²) in [5, 5.41) is 2.67. The summed E-state index contributed by atoms with van der Waals surface area (Å²) in [6.45, 7) is 8.83. The van der Waals surface area contributed by atoms with Crippen molar-refractivity contribution >= 4 is 17.3 Å². The van der Waals surface area contributed by atoms with Crippen LogP contribution in [0.1, 0.15) is 27.2 Å². The molecule has 1 aliphatic heterocycles. The molecule has 21 heavy (non-hydrogen) atoms. The Kier molecular flexibility index (Phi) is 4.83. The molecule has 1 saturated heterocycles. The van der Waals surface area contributed by atoms with Crippen LogP contribution in [0.5, 0.6) is 0 Å². The predicted molar refractivity (Wildman–Crippen MR) is 82.1 cm³/mol. The van der Waals surface area contributed by atoms with Gasteiger partial charge in [0.05, 0.1) is 18.9 Å². The van der Waals surface area contributed by atoms with Crippen molar-refractivity contribution in [2.75, 3.05) is 36.5 Å². The highest BCUT2D eigenvalue weighted by Gasteiger charge is 2.18. The number of halogens is 1. The average Bonchev–Trinajstić information content (AvgIpc) is 2.40. The van der Waals surface area contributed by atoms with Gasteiger partial charge >= 0.3 is 0 Å². The third-order valence-corrected chi connectivity index (χ3v) is 3.29. The first-order valence-corrected chi connectivity index (χ1v) is 7.27. The van der Waals surface area contributed by atoms with E-state index in [1.807, 2.05) is 20.8 Å². The minimum Gasteiger partial charge on any atom is -0.378 e. The lowest BCUT2D eigenvalue weighted by molar-refractivity contribution is -0.117. The summed E-state index contributed by atoms with van der Waals surface area (Å²) in [7, 11) is 0. The quantitative estimate of drug-likeness (QED) is 0.931. The number of nitrogens with one attached hydrogen (secondary N) is 1. The summed E-state index contributed by atoms with van der Waals surface area (Å²) in [6, 6.07) is 4.83. The molecule has 0 saturated carbocycles. The van der Waals surface area contributed by atoms with Crippen LogP contribution in [0.4, 0.5) is 15.8 Å². The molecule has 116 valence electrons. The minimum absolute atomic E-state index is 0.123. The lowest BCUT2D eigenvalue weighted by Crippen LogP contribution is -2.36. The van der Waals surface area contributed by atoms with E-state index >= 15 is 0 Å². The van der Waals surface area contributed by atoms with Crippen molar-refractivity contribution in [3.63, 3.8) is 0 Å². The van der Waals surface area contributed by atoms with Crippen LogP contribution >= 0.6 is 0 Å². The molecule has 0 radical (unpaired) electrons. The SMILES string of the molecule is CC(C)(C)CC(=O)Nc1cc(N2CCOCC2)ccc1F. The fraction of sp³-hybridized carbons (Fsp3) is 0.562. The van der Waals surface area contributed by atoms with E-state index in [1.54, 1.807) is 12.1 Å². The Bertz CT molecular complexity index is 505. The molecule has 0 aliphatic carbocycles. The number of rotatable bonds is 3. The van der Waals surface area contributed by atoms with E-state index in [9.17, 15) is 9.18 Å². The number of amides is 1. The van der Waals surface area contributed by atoms with Gasteiger partial charge in [-0.15, -0.1) is 0 Å². The Hall–Kier alpha value is -1.62. The fourth-order valence-electron chi connectivity index (χ4n) is 2.30. The van der Waals surface area contributed by atoms with E-state index in [4.69, 9.17) is 4.74 Å². The summed E-state index contributed by atoms with van der Waals surface area (Å²) >= 11 is 0. The minimum atomic E-state index is -0.408. The molecule has 1 heterocycles. The highest BCUT2D eigenvalue weighted by molar-refractivity contribution is 5.91. The zero-order chi connectivity index (χ0) is 15.5. The van der Waals surface area contributed by atoms with E-state index in [1.165, 1.54) is 6.07 Å². The summed E-state index contributed by atoms with van der Waals surface area (Å²) in [5.41, 5.74) is 1.03. The Morgan fingerprint density at radius 2 is 2.00 bits per heavy atom. The van der Waals surface area contributed by atoms with E-state index < -0.39 is 5.82 Å². The maximum atomic E-state index is 13.9. The number of carbonyl (C=O) groups excluding carboxylic acids is 1. The number of hydrogen-bond donors (Lipinski definition) is 1. The van der Waals surface area contributed by atoms with Crippen LogP contribution in [0.15, 0.2) is 18.2 Å². The van der Waals surface area contributed by atoms with Crippen molar-refractivity contribution in [3.05, 3.63) is 24.0 Å². The summed E-state index contributed by atoms with van der Waals surface area (Å²) in [6.07, 6.45) is 0.355. The third-order valence-electron chi connectivity index (χ3n) is 3.29. The van der Waals surface area contributed by atoms with E-state index in [0.29, 0.717) is 19.6 Å². The normalized spacial score (nSPS) is 15.9. The molecular weight excluding hydrogens is 271 g/mol. The van der Waals surface area contributed by atoms with Crippen molar-refractivity contribution < 1.29 is 13.9 Å². The monoisotopic (exact) mass is 294 g/mol. The van der Waals surface area contributed by atoms with Gasteiger partial charge in [0.25, 0.3) is 0 Å². The second-order valence-corrected chi connectivity index (χ2v) is 6.55. The van der Waals surface area contributed by atoms with Gasteiger partial charge in [-0.25, -0.2) is 4.39 Å². The maximum absolute atomic E-state index is 13.9. The molecule has 5 heteroatoms. The molecule has 0 aromatic heterocycles. The fourth-order valence-corrected chi connectivity index (χ4v) is 2.30. The largest absolute Gasteiger partial charge is 0.378 e. The van der Waals surface area contributed by atoms with Gasteiger partial charge in [-0.2, -0.15) is 0 Å². The summed E-state index contributed by atoms with van der Waals surface area (Å²) in [4.78, 5) is 14.1. The molecule has 0 spiro atoms. The third kappa shape index (κ3) is 4.70. The van der Waals surface area contributed by atoms with Gasteiger partial charge in [0.15, 0.2) is 0 Å². The Labute approximate surface area is 125 Å². The molecule has 1 aromatic carbocycles. The highest BCUT2D eigenvalue weighted by Crippen LogP contribution is 2.25. The molecule has 0 atom stereocenters. The average molecular weight is 294 g/mol.